The molecule has 4 aromatic rings. The van der Waals surface area contributed by atoms with E-state index >= 15 is 0 Å². The van der Waals surface area contributed by atoms with Gasteiger partial charge in [0.05, 0.1) is 11.3 Å². The van der Waals surface area contributed by atoms with Crippen LogP contribution in [-0.4, -0.2) is 28.7 Å². The van der Waals surface area contributed by atoms with Crippen molar-refractivity contribution in [3.8, 4) is 16.9 Å². The number of aliphatic carboxylic acids is 1. The number of rotatable bonds is 8. The maximum atomic E-state index is 12.8. The average Bonchev–Trinajstić information content (AvgIpc) is 3.15. The number of esters is 1. The van der Waals surface area contributed by atoms with Crippen LogP contribution in [-0.2, 0) is 27.5 Å². The summed E-state index contributed by atoms with van der Waals surface area (Å²) in [5.74, 6) is -4.23. The molecule has 0 N–H and O–H groups in total. The molecular weight excluding hydrogens is 542 g/mol. The fourth-order valence-electron chi connectivity index (χ4n) is 4.17. The monoisotopic (exact) mass is 563 g/mol. The van der Waals surface area contributed by atoms with E-state index in [0.717, 1.165) is 23.3 Å². The molecular formula is C28H21F3KNO6. The van der Waals surface area contributed by atoms with Crippen LogP contribution in [0.5, 0.6) is 5.75 Å². The first-order valence-corrected chi connectivity index (χ1v) is 11.4. The molecule has 0 radical (unpaired) electrons. The quantitative estimate of drug-likeness (QED) is 0.140. The molecule has 0 atom stereocenters. The minimum absolute atomic E-state index is 0. The number of Topliss-reactive ketones (excluding diaryl/α,β-unsaturated/α-hetero) is 1. The zero-order chi connectivity index (χ0) is 27.6. The minimum atomic E-state index is -4.83. The van der Waals surface area contributed by atoms with E-state index in [2.05, 4.69) is 4.74 Å². The predicted octanol–water partition coefficient (Wildman–Crippen LogP) is 1.56. The molecule has 0 bridgehead atoms. The van der Waals surface area contributed by atoms with Gasteiger partial charge in [0.15, 0.2) is 0 Å². The normalized spacial score (nSPS) is 11.1. The fraction of sp³-hybridized carbons (Fsp3) is 0.179. The largest absolute Gasteiger partial charge is 1.00 e. The van der Waals surface area contributed by atoms with Gasteiger partial charge in [0.2, 0.25) is 5.78 Å². The van der Waals surface area contributed by atoms with Gasteiger partial charge in [-0.3, -0.25) is 9.59 Å². The van der Waals surface area contributed by atoms with Crippen molar-refractivity contribution in [3.05, 3.63) is 89.1 Å². The van der Waals surface area contributed by atoms with E-state index in [0.29, 0.717) is 16.6 Å². The summed E-state index contributed by atoms with van der Waals surface area (Å²) in [6.45, 7) is 3.01. The summed E-state index contributed by atoms with van der Waals surface area (Å²) < 4.78 is 48.3. The Hall–Kier alpha value is -2.96. The number of nitrogens with zero attached hydrogens (tertiary/aromatic N) is 1. The van der Waals surface area contributed by atoms with Crippen LogP contribution in [0.25, 0.3) is 22.0 Å². The first-order valence-electron chi connectivity index (χ1n) is 11.4. The summed E-state index contributed by atoms with van der Waals surface area (Å²) in [7, 11) is 0. The maximum absolute atomic E-state index is 12.8. The molecule has 0 unspecified atom stereocenters. The Morgan fingerprint density at radius 3 is 2.10 bits per heavy atom. The van der Waals surface area contributed by atoms with E-state index in [4.69, 9.17) is 4.74 Å². The van der Waals surface area contributed by atoms with Crippen molar-refractivity contribution in [3.63, 3.8) is 0 Å². The number of ether oxygens (including phenoxy) is 2. The number of ketones is 1. The van der Waals surface area contributed by atoms with Crippen LogP contribution in [0.1, 0.15) is 34.1 Å². The third kappa shape index (κ3) is 7.37. The topological polar surface area (TPSA) is 97.7 Å². The van der Waals surface area contributed by atoms with Gasteiger partial charge in [0.25, 0.3) is 0 Å². The molecule has 7 nitrogen and oxygen atoms in total. The molecule has 0 aliphatic carbocycles. The smallest absolute Gasteiger partial charge is 0.541 e. The van der Waals surface area contributed by atoms with Gasteiger partial charge in [-0.25, -0.2) is 0 Å². The van der Waals surface area contributed by atoms with Crippen molar-refractivity contribution in [2.45, 2.75) is 33.4 Å². The number of carbonyl (C=O) groups is 3. The Kier molecular flexibility index (Phi) is 9.78. The van der Waals surface area contributed by atoms with Crippen LogP contribution in [0.4, 0.5) is 13.2 Å². The van der Waals surface area contributed by atoms with E-state index in [1.54, 1.807) is 22.8 Å². The van der Waals surface area contributed by atoms with Gasteiger partial charge in [-0.1, -0.05) is 48.0 Å². The minimum Gasteiger partial charge on any atom is -0.541 e. The molecule has 0 amide bonds. The van der Waals surface area contributed by atoms with Gasteiger partial charge in [0.1, 0.15) is 18.3 Å². The van der Waals surface area contributed by atoms with Crippen LogP contribution in [0.3, 0.4) is 0 Å². The van der Waals surface area contributed by atoms with E-state index in [9.17, 15) is 32.7 Å². The van der Waals surface area contributed by atoms with Crippen molar-refractivity contribution in [1.82, 2.24) is 4.57 Å². The third-order valence-corrected chi connectivity index (χ3v) is 5.88. The number of carbonyl (C=O) groups excluding carboxylic acids is 3. The number of carboxylic acid groups (broad SMARTS) is 1. The summed E-state index contributed by atoms with van der Waals surface area (Å²) in [6.07, 6.45) is -4.83. The summed E-state index contributed by atoms with van der Waals surface area (Å²) in [6, 6.07) is 17.6. The van der Waals surface area contributed by atoms with Crippen LogP contribution in [0.15, 0.2) is 66.7 Å². The second-order valence-corrected chi connectivity index (χ2v) is 8.59. The molecule has 0 saturated carbocycles. The van der Waals surface area contributed by atoms with Crippen LogP contribution in [0.2, 0.25) is 0 Å². The summed E-state index contributed by atoms with van der Waals surface area (Å²) in [4.78, 5) is 36.1. The van der Waals surface area contributed by atoms with Crippen molar-refractivity contribution in [2.24, 2.45) is 0 Å². The number of carboxylic acids is 1. The molecule has 0 aliphatic heterocycles. The Balaban J connectivity index is 0.00000420. The van der Waals surface area contributed by atoms with Crippen LogP contribution < -0.4 is 61.2 Å². The number of hydrogen-bond acceptors (Lipinski definition) is 6. The Bertz CT molecular complexity index is 1530. The Morgan fingerprint density at radius 1 is 0.923 bits per heavy atom. The van der Waals surface area contributed by atoms with Gasteiger partial charge in [-0.15, -0.1) is 13.2 Å². The van der Waals surface area contributed by atoms with Crippen molar-refractivity contribution in [2.75, 3.05) is 0 Å². The number of aryl methyl sites for hydroxylation is 1. The summed E-state index contributed by atoms with van der Waals surface area (Å²) >= 11 is 0. The third-order valence-electron chi connectivity index (χ3n) is 5.88. The molecule has 11 heteroatoms. The number of alkyl halides is 3. The van der Waals surface area contributed by atoms with Gasteiger partial charge < -0.3 is 23.9 Å². The van der Waals surface area contributed by atoms with E-state index in [1.807, 2.05) is 31.2 Å². The van der Waals surface area contributed by atoms with Crippen LogP contribution >= 0.6 is 0 Å². The molecule has 1 heterocycles. The molecule has 0 aliphatic rings. The van der Waals surface area contributed by atoms with Gasteiger partial charge in [-0.2, -0.15) is 0 Å². The second kappa shape index (κ2) is 12.5. The number of halogens is 3. The number of fused-ring (bicyclic) bond motifs is 1. The molecule has 0 spiro atoms. The molecule has 39 heavy (non-hydrogen) atoms. The Morgan fingerprint density at radius 2 is 1.54 bits per heavy atom. The van der Waals surface area contributed by atoms with E-state index in [1.165, 1.54) is 19.1 Å². The molecule has 3 aromatic carbocycles. The zero-order valence-electron chi connectivity index (χ0n) is 21.3. The molecule has 0 fully saturated rings. The van der Waals surface area contributed by atoms with Gasteiger partial charge in [0, 0.05) is 24.4 Å². The Labute approximate surface area is 263 Å². The number of benzene rings is 3. The fourth-order valence-corrected chi connectivity index (χ4v) is 4.17. The summed E-state index contributed by atoms with van der Waals surface area (Å²) in [5.41, 5.74) is 3.39. The zero-order valence-corrected chi connectivity index (χ0v) is 24.4. The standard InChI is InChI=1S/C28H22F3NO6.K/c1-16-3-5-18(6-4-16)14-32-23-12-9-20(19-7-10-21(11-8-19)38-28(29,30)31)13-22(23)25(26(34)27(35)36)24(32)15-37-17(2)33;/h3-13H,14-15H2,1-2H3,(H,35,36);/q;+1/p-1. The summed E-state index contributed by atoms with van der Waals surface area (Å²) in [5, 5.41) is 11.9. The molecule has 196 valence electrons. The maximum Gasteiger partial charge on any atom is 1.00 e. The molecule has 1 aromatic heterocycles. The van der Waals surface area contributed by atoms with Gasteiger partial charge >= 0.3 is 63.7 Å². The SMILES string of the molecule is CC(=O)OCc1c(C(=O)C(=O)[O-])c2cc(-c3ccc(OC(F)(F)F)cc3)ccc2n1Cc1ccc(C)cc1.[K+]. The molecule has 4 rings (SSSR count). The van der Waals surface area contributed by atoms with Crippen molar-refractivity contribution in [1.29, 1.82) is 0 Å². The van der Waals surface area contributed by atoms with Crippen molar-refractivity contribution < 1.29 is 93.5 Å². The first kappa shape index (κ1) is 30.6. The van der Waals surface area contributed by atoms with E-state index in [-0.39, 0.29) is 81.2 Å². The van der Waals surface area contributed by atoms with E-state index < -0.39 is 29.8 Å². The number of hydrogen-bond donors (Lipinski definition) is 0. The molecule has 0 saturated heterocycles. The number of aromatic nitrogens is 1. The first-order chi connectivity index (χ1) is 17.9. The predicted molar refractivity (Wildman–Crippen MR) is 129 cm³/mol. The average molecular weight is 564 g/mol. The second-order valence-electron chi connectivity index (χ2n) is 8.59. The van der Waals surface area contributed by atoms with Crippen LogP contribution in [0, 0.1) is 6.92 Å². The van der Waals surface area contributed by atoms with Gasteiger partial charge in [-0.05, 0) is 47.9 Å². The van der Waals surface area contributed by atoms with Crippen molar-refractivity contribution >= 4 is 28.6 Å².